The molecule has 5 nitrogen and oxygen atoms in total. The van der Waals surface area contributed by atoms with Crippen LogP contribution in [-0.2, 0) is 14.0 Å². The lowest BCUT2D eigenvalue weighted by Crippen LogP contribution is -2.41. The minimum Gasteiger partial charge on any atom is -0.497 e. The first kappa shape index (κ1) is 17.6. The quantitative estimate of drug-likeness (QED) is 0.630. The number of hydrogen-bond donors (Lipinski definition) is 0. The van der Waals surface area contributed by atoms with Gasteiger partial charge in [0, 0.05) is 0 Å². The van der Waals surface area contributed by atoms with Crippen molar-refractivity contribution in [3.8, 4) is 5.75 Å². The monoisotopic (exact) mass is 318 g/mol. The molecule has 0 saturated carbocycles. The van der Waals surface area contributed by atoms with Crippen LogP contribution in [0.3, 0.4) is 0 Å². The van der Waals surface area contributed by atoms with Crippen molar-refractivity contribution in [3.05, 3.63) is 35.3 Å². The zero-order chi connectivity index (χ0) is 17.3. The summed E-state index contributed by atoms with van der Waals surface area (Å²) < 4.78 is 21.8. The van der Waals surface area contributed by atoms with Crippen molar-refractivity contribution in [2.75, 3.05) is 14.2 Å². The van der Waals surface area contributed by atoms with E-state index in [1.165, 1.54) is 7.11 Å². The highest BCUT2D eigenvalue weighted by molar-refractivity contribution is 6.52. The van der Waals surface area contributed by atoms with Gasteiger partial charge in [-0.3, -0.25) is 0 Å². The molecule has 1 aromatic carbocycles. The van der Waals surface area contributed by atoms with Crippen molar-refractivity contribution in [1.82, 2.24) is 0 Å². The topological polar surface area (TPSA) is 54.0 Å². The van der Waals surface area contributed by atoms with Crippen LogP contribution in [0.5, 0.6) is 5.75 Å². The molecule has 124 valence electrons. The van der Waals surface area contributed by atoms with Gasteiger partial charge in [0.05, 0.1) is 31.0 Å². The van der Waals surface area contributed by atoms with Crippen molar-refractivity contribution in [1.29, 1.82) is 0 Å². The zero-order valence-electron chi connectivity index (χ0n) is 14.5. The Morgan fingerprint density at radius 1 is 1.09 bits per heavy atom. The summed E-state index contributed by atoms with van der Waals surface area (Å²) in [4.78, 5) is 11.7. The number of benzene rings is 1. The SMILES string of the molecule is COC(=O)c1cc(C=CB2OC(C)(C)C(C)(C)O2)cc(OC)c1. The normalized spacial score (nSPS) is 19.1. The van der Waals surface area contributed by atoms with Gasteiger partial charge in [-0.05, 0) is 51.5 Å². The van der Waals surface area contributed by atoms with Gasteiger partial charge in [-0.15, -0.1) is 0 Å². The fourth-order valence-electron chi connectivity index (χ4n) is 2.23. The van der Waals surface area contributed by atoms with Gasteiger partial charge in [0.25, 0.3) is 0 Å². The first-order valence-electron chi connectivity index (χ1n) is 7.50. The van der Waals surface area contributed by atoms with Crippen LogP contribution in [0.1, 0.15) is 43.6 Å². The molecule has 1 aromatic rings. The largest absolute Gasteiger partial charge is 0.497 e. The van der Waals surface area contributed by atoms with E-state index in [0.717, 1.165) is 5.56 Å². The van der Waals surface area contributed by atoms with Crippen molar-refractivity contribution >= 4 is 19.2 Å². The molecule has 23 heavy (non-hydrogen) atoms. The van der Waals surface area contributed by atoms with Crippen LogP contribution in [0.15, 0.2) is 24.2 Å². The molecule has 0 bridgehead atoms. The second-order valence-electron chi connectivity index (χ2n) is 6.47. The molecule has 0 aromatic heterocycles. The van der Waals surface area contributed by atoms with Gasteiger partial charge in [0.2, 0.25) is 0 Å². The molecule has 1 aliphatic rings. The Labute approximate surface area is 137 Å². The zero-order valence-corrected chi connectivity index (χ0v) is 14.5. The molecule has 0 spiro atoms. The van der Waals surface area contributed by atoms with E-state index in [2.05, 4.69) is 0 Å². The lowest BCUT2D eigenvalue weighted by Gasteiger charge is -2.32. The molecule has 1 fully saturated rings. The Kier molecular flexibility index (Phi) is 4.87. The Morgan fingerprint density at radius 2 is 1.70 bits per heavy atom. The smallest absolute Gasteiger partial charge is 0.487 e. The molecule has 2 rings (SSSR count). The number of carbonyl (C=O) groups is 1. The summed E-state index contributed by atoms with van der Waals surface area (Å²) in [5.74, 6) is 2.00. The summed E-state index contributed by atoms with van der Waals surface area (Å²) in [6, 6.07) is 5.20. The van der Waals surface area contributed by atoms with Crippen LogP contribution in [0.25, 0.3) is 6.08 Å². The molecular weight excluding hydrogens is 295 g/mol. The maximum absolute atomic E-state index is 11.7. The lowest BCUT2D eigenvalue weighted by molar-refractivity contribution is 0.00578. The third kappa shape index (κ3) is 3.76. The molecule has 0 aliphatic carbocycles. The summed E-state index contributed by atoms with van der Waals surface area (Å²) in [5, 5.41) is 0. The highest BCUT2D eigenvalue weighted by atomic mass is 16.7. The van der Waals surface area contributed by atoms with E-state index in [9.17, 15) is 4.79 Å². The van der Waals surface area contributed by atoms with E-state index < -0.39 is 13.1 Å². The Bertz CT molecular complexity index is 605. The first-order chi connectivity index (χ1) is 10.7. The van der Waals surface area contributed by atoms with E-state index in [0.29, 0.717) is 11.3 Å². The summed E-state index contributed by atoms with van der Waals surface area (Å²) in [6.45, 7) is 8.01. The van der Waals surface area contributed by atoms with E-state index >= 15 is 0 Å². The van der Waals surface area contributed by atoms with Gasteiger partial charge in [-0.1, -0.05) is 12.1 Å². The van der Waals surface area contributed by atoms with Gasteiger partial charge in [-0.2, -0.15) is 0 Å². The predicted octanol–water partition coefficient (Wildman–Crippen LogP) is 3.13. The molecule has 0 radical (unpaired) electrons. The highest BCUT2D eigenvalue weighted by Crippen LogP contribution is 2.37. The van der Waals surface area contributed by atoms with Crippen molar-refractivity contribution in [2.45, 2.75) is 38.9 Å². The van der Waals surface area contributed by atoms with Gasteiger partial charge >= 0.3 is 13.1 Å². The van der Waals surface area contributed by atoms with Crippen LogP contribution in [0.2, 0.25) is 0 Å². The highest BCUT2D eigenvalue weighted by Gasteiger charge is 2.49. The van der Waals surface area contributed by atoms with Crippen LogP contribution >= 0.6 is 0 Å². The van der Waals surface area contributed by atoms with Crippen LogP contribution in [-0.4, -0.2) is 38.5 Å². The van der Waals surface area contributed by atoms with Gasteiger partial charge in [0.1, 0.15) is 5.75 Å². The molecular formula is C17H23BO5. The summed E-state index contributed by atoms with van der Waals surface area (Å²) >= 11 is 0. The number of carbonyl (C=O) groups excluding carboxylic acids is 1. The number of hydrogen-bond acceptors (Lipinski definition) is 5. The van der Waals surface area contributed by atoms with Gasteiger partial charge < -0.3 is 18.8 Å². The van der Waals surface area contributed by atoms with E-state index in [1.54, 1.807) is 19.2 Å². The van der Waals surface area contributed by atoms with Crippen LogP contribution in [0.4, 0.5) is 0 Å². The molecule has 1 heterocycles. The summed E-state index contributed by atoms with van der Waals surface area (Å²) in [6.07, 6.45) is 1.84. The van der Waals surface area contributed by atoms with E-state index in [4.69, 9.17) is 18.8 Å². The van der Waals surface area contributed by atoms with Crippen molar-refractivity contribution in [2.24, 2.45) is 0 Å². The molecule has 6 heteroatoms. The van der Waals surface area contributed by atoms with Crippen LogP contribution < -0.4 is 4.74 Å². The fraction of sp³-hybridized carbons (Fsp3) is 0.471. The summed E-state index contributed by atoms with van der Waals surface area (Å²) in [5.41, 5.74) is 0.473. The number of ether oxygens (including phenoxy) is 2. The molecule has 1 saturated heterocycles. The standard InChI is InChI=1S/C17H23BO5/c1-16(2)17(3,4)23-18(22-16)8-7-12-9-13(15(19)21-6)11-14(10-12)20-5/h7-11H,1-6H3. The number of esters is 1. The minimum absolute atomic E-state index is 0.381. The van der Waals surface area contributed by atoms with Crippen molar-refractivity contribution in [3.63, 3.8) is 0 Å². The predicted molar refractivity (Wildman–Crippen MR) is 89.4 cm³/mol. The lowest BCUT2D eigenvalue weighted by atomic mass is 9.89. The van der Waals surface area contributed by atoms with E-state index in [1.807, 2.05) is 45.8 Å². The average molecular weight is 318 g/mol. The molecule has 0 amide bonds. The second-order valence-corrected chi connectivity index (χ2v) is 6.47. The second kappa shape index (κ2) is 6.38. The molecule has 0 unspecified atom stereocenters. The Morgan fingerprint density at radius 3 is 2.22 bits per heavy atom. The average Bonchev–Trinajstić information content (AvgIpc) is 2.71. The fourth-order valence-corrected chi connectivity index (χ4v) is 2.23. The third-order valence-electron chi connectivity index (χ3n) is 4.30. The third-order valence-corrected chi connectivity index (χ3v) is 4.30. The maximum Gasteiger partial charge on any atom is 0.487 e. The van der Waals surface area contributed by atoms with E-state index in [-0.39, 0.29) is 11.2 Å². The Balaban J connectivity index is 2.21. The minimum atomic E-state index is -0.437. The summed E-state index contributed by atoms with van der Waals surface area (Å²) in [7, 11) is 2.47. The maximum atomic E-state index is 11.7. The molecule has 0 N–H and O–H groups in total. The van der Waals surface area contributed by atoms with Crippen molar-refractivity contribution < 1.29 is 23.6 Å². The number of methoxy groups -OCH3 is 2. The molecule has 0 atom stereocenters. The van der Waals surface area contributed by atoms with Crippen LogP contribution in [0, 0.1) is 0 Å². The molecule has 1 aliphatic heterocycles. The Hall–Kier alpha value is -1.79. The number of rotatable bonds is 4. The van der Waals surface area contributed by atoms with Gasteiger partial charge in [-0.25, -0.2) is 4.79 Å². The first-order valence-corrected chi connectivity index (χ1v) is 7.50. The van der Waals surface area contributed by atoms with Gasteiger partial charge in [0.15, 0.2) is 0 Å².